The van der Waals surface area contributed by atoms with Gasteiger partial charge >= 0.3 is 6.18 Å². The molecule has 126 valence electrons. The number of alkyl halides is 3. The maximum Gasteiger partial charge on any atom is 0.416 e. The molecule has 0 atom stereocenters. The monoisotopic (exact) mass is 400 g/mol. The van der Waals surface area contributed by atoms with Crippen LogP contribution in [0.25, 0.3) is 0 Å². The van der Waals surface area contributed by atoms with Gasteiger partial charge in [-0.25, -0.2) is 0 Å². The van der Waals surface area contributed by atoms with E-state index in [0.29, 0.717) is 4.47 Å². The maximum atomic E-state index is 12.9. The van der Waals surface area contributed by atoms with Crippen LogP contribution in [0, 0.1) is 0 Å². The number of halogens is 4. The molecular weight excluding hydrogens is 389 g/mol. The van der Waals surface area contributed by atoms with E-state index in [4.69, 9.17) is 0 Å². The fourth-order valence-electron chi connectivity index (χ4n) is 1.95. The lowest BCUT2D eigenvalue weighted by molar-refractivity contribution is -0.137. The molecule has 0 spiro atoms. The summed E-state index contributed by atoms with van der Waals surface area (Å²) in [5.74, 6) is -1.06. The smallest absolute Gasteiger partial charge is 0.325 e. The third-order valence-corrected chi connectivity index (χ3v) is 3.49. The van der Waals surface area contributed by atoms with Crippen molar-refractivity contribution in [3.8, 4) is 0 Å². The normalized spacial score (nSPS) is 11.0. The fourth-order valence-corrected chi connectivity index (χ4v) is 2.35. The molecule has 0 unspecified atom stereocenters. The van der Waals surface area contributed by atoms with Crippen LogP contribution in [0.15, 0.2) is 46.9 Å². The van der Waals surface area contributed by atoms with Gasteiger partial charge < -0.3 is 10.6 Å². The summed E-state index contributed by atoms with van der Waals surface area (Å²) >= 11 is 3.22. The molecule has 4 nitrogen and oxygen atoms in total. The van der Waals surface area contributed by atoms with Crippen LogP contribution in [-0.4, -0.2) is 11.8 Å². The second-order valence-corrected chi connectivity index (χ2v) is 5.82. The van der Waals surface area contributed by atoms with Gasteiger partial charge in [0.2, 0.25) is 5.91 Å². The van der Waals surface area contributed by atoms with Crippen LogP contribution in [0.4, 0.5) is 24.5 Å². The Morgan fingerprint density at radius 1 is 1.00 bits per heavy atom. The van der Waals surface area contributed by atoms with E-state index in [-0.39, 0.29) is 16.9 Å². The summed E-state index contributed by atoms with van der Waals surface area (Å²) in [6, 6.07) is 9.10. The molecule has 0 aliphatic rings. The van der Waals surface area contributed by atoms with Crippen LogP contribution >= 0.6 is 15.9 Å². The molecule has 2 N–H and O–H groups in total. The minimum absolute atomic E-state index is 0.0823. The second-order valence-electron chi connectivity index (χ2n) is 4.90. The highest BCUT2D eigenvalue weighted by molar-refractivity contribution is 9.10. The van der Waals surface area contributed by atoms with Gasteiger partial charge in [-0.15, -0.1) is 0 Å². The van der Waals surface area contributed by atoms with Gasteiger partial charge in [0.1, 0.15) is 0 Å². The zero-order valence-corrected chi connectivity index (χ0v) is 14.0. The van der Waals surface area contributed by atoms with E-state index in [0.717, 1.165) is 18.2 Å². The number of hydrogen-bond acceptors (Lipinski definition) is 2. The van der Waals surface area contributed by atoms with Gasteiger partial charge in [-0.2, -0.15) is 13.2 Å². The van der Waals surface area contributed by atoms with Crippen LogP contribution in [0.5, 0.6) is 0 Å². The Bertz CT molecular complexity index is 791. The standard InChI is InChI=1S/C16H12BrF3N2O2/c1-9(23)21-13-6-5-11(16(18,19)20)8-14(13)22-15(24)10-3-2-4-12(17)7-10/h2-8H,1H3,(H,21,23)(H,22,24). The van der Waals surface area contributed by atoms with Crippen molar-refractivity contribution in [2.24, 2.45) is 0 Å². The SMILES string of the molecule is CC(=O)Nc1ccc(C(F)(F)F)cc1NC(=O)c1cccc(Br)c1. The minimum atomic E-state index is -4.57. The van der Waals surface area contributed by atoms with E-state index in [1.54, 1.807) is 12.1 Å². The fraction of sp³-hybridized carbons (Fsp3) is 0.125. The zero-order chi connectivity index (χ0) is 17.9. The molecule has 8 heteroatoms. The van der Waals surface area contributed by atoms with Crippen LogP contribution in [0.1, 0.15) is 22.8 Å². The Labute approximate surface area is 144 Å². The van der Waals surface area contributed by atoms with Gasteiger partial charge in [0.25, 0.3) is 5.91 Å². The Balaban J connectivity index is 2.38. The molecule has 2 rings (SSSR count). The maximum absolute atomic E-state index is 12.9. The molecule has 24 heavy (non-hydrogen) atoms. The van der Waals surface area contributed by atoms with E-state index >= 15 is 0 Å². The van der Waals surface area contributed by atoms with E-state index in [1.807, 2.05) is 0 Å². The first-order valence-electron chi connectivity index (χ1n) is 6.72. The van der Waals surface area contributed by atoms with E-state index in [1.165, 1.54) is 19.1 Å². The molecule has 0 heterocycles. The highest BCUT2D eigenvalue weighted by Crippen LogP contribution is 2.34. The molecule has 0 saturated carbocycles. The Morgan fingerprint density at radius 2 is 1.71 bits per heavy atom. The zero-order valence-electron chi connectivity index (χ0n) is 12.4. The Hall–Kier alpha value is -2.35. The van der Waals surface area contributed by atoms with Crippen molar-refractivity contribution in [3.63, 3.8) is 0 Å². The molecule has 0 aromatic heterocycles. The average molecular weight is 401 g/mol. The lowest BCUT2D eigenvalue weighted by atomic mass is 10.1. The number of nitrogens with one attached hydrogen (secondary N) is 2. The number of hydrogen-bond donors (Lipinski definition) is 2. The van der Waals surface area contributed by atoms with Gasteiger partial charge in [0.15, 0.2) is 0 Å². The Morgan fingerprint density at radius 3 is 2.29 bits per heavy atom. The molecule has 0 aliphatic carbocycles. The molecular formula is C16H12BrF3N2O2. The Kier molecular flexibility index (Phi) is 5.28. The lowest BCUT2D eigenvalue weighted by Crippen LogP contribution is -2.16. The molecule has 2 amide bonds. The number of carbonyl (C=O) groups excluding carboxylic acids is 2. The van der Waals surface area contributed by atoms with Gasteiger partial charge in [-0.1, -0.05) is 22.0 Å². The number of benzene rings is 2. The van der Waals surface area contributed by atoms with Crippen molar-refractivity contribution < 1.29 is 22.8 Å². The molecule has 2 aromatic rings. The summed E-state index contributed by atoms with van der Waals surface area (Å²) < 4.78 is 39.3. The van der Waals surface area contributed by atoms with Crippen molar-refractivity contribution >= 4 is 39.1 Å². The van der Waals surface area contributed by atoms with Crippen molar-refractivity contribution in [2.45, 2.75) is 13.1 Å². The predicted molar refractivity (Wildman–Crippen MR) is 87.8 cm³/mol. The van der Waals surface area contributed by atoms with Crippen LogP contribution in [0.3, 0.4) is 0 Å². The number of rotatable bonds is 3. The van der Waals surface area contributed by atoms with Gasteiger partial charge in [-0.05, 0) is 36.4 Å². The van der Waals surface area contributed by atoms with Crippen molar-refractivity contribution in [1.29, 1.82) is 0 Å². The molecule has 0 radical (unpaired) electrons. The average Bonchev–Trinajstić information content (AvgIpc) is 2.47. The van der Waals surface area contributed by atoms with Crippen molar-refractivity contribution in [3.05, 3.63) is 58.1 Å². The van der Waals surface area contributed by atoms with Crippen LogP contribution in [-0.2, 0) is 11.0 Å². The van der Waals surface area contributed by atoms with Crippen molar-refractivity contribution in [2.75, 3.05) is 10.6 Å². The summed E-state index contributed by atoms with van der Waals surface area (Å²) in [4.78, 5) is 23.4. The second kappa shape index (κ2) is 7.04. The first kappa shape index (κ1) is 18.0. The van der Waals surface area contributed by atoms with Gasteiger partial charge in [-0.3, -0.25) is 9.59 Å². The topological polar surface area (TPSA) is 58.2 Å². The molecule has 2 aromatic carbocycles. The summed E-state index contributed by atoms with van der Waals surface area (Å²) in [6.07, 6.45) is -4.57. The third kappa shape index (κ3) is 4.58. The van der Waals surface area contributed by atoms with Crippen LogP contribution in [0.2, 0.25) is 0 Å². The van der Waals surface area contributed by atoms with Crippen molar-refractivity contribution in [1.82, 2.24) is 0 Å². The number of amides is 2. The number of carbonyl (C=O) groups is 2. The first-order valence-corrected chi connectivity index (χ1v) is 7.52. The predicted octanol–water partition coefficient (Wildman–Crippen LogP) is 4.68. The largest absolute Gasteiger partial charge is 0.416 e. The highest BCUT2D eigenvalue weighted by Gasteiger charge is 2.31. The van der Waals surface area contributed by atoms with E-state index in [2.05, 4.69) is 26.6 Å². The highest BCUT2D eigenvalue weighted by atomic mass is 79.9. The molecule has 0 aliphatic heterocycles. The summed E-state index contributed by atoms with van der Waals surface area (Å²) in [5.41, 5.74) is -0.722. The summed E-state index contributed by atoms with van der Waals surface area (Å²) in [5, 5.41) is 4.79. The first-order chi connectivity index (χ1) is 11.2. The van der Waals surface area contributed by atoms with Gasteiger partial charge in [0, 0.05) is 17.0 Å². The summed E-state index contributed by atoms with van der Waals surface area (Å²) in [7, 11) is 0. The molecule has 0 fully saturated rings. The number of anilines is 2. The van der Waals surface area contributed by atoms with E-state index in [9.17, 15) is 22.8 Å². The van der Waals surface area contributed by atoms with Crippen LogP contribution < -0.4 is 10.6 Å². The molecule has 0 saturated heterocycles. The quantitative estimate of drug-likeness (QED) is 0.785. The van der Waals surface area contributed by atoms with E-state index < -0.39 is 23.6 Å². The van der Waals surface area contributed by atoms with Gasteiger partial charge in [0.05, 0.1) is 16.9 Å². The minimum Gasteiger partial charge on any atom is -0.325 e. The molecule has 0 bridgehead atoms. The lowest BCUT2D eigenvalue weighted by Gasteiger charge is -2.15. The summed E-state index contributed by atoms with van der Waals surface area (Å²) in [6.45, 7) is 1.22. The third-order valence-electron chi connectivity index (χ3n) is 2.99.